The van der Waals surface area contributed by atoms with Gasteiger partial charge in [0.1, 0.15) is 38.0 Å². The van der Waals surface area contributed by atoms with Gasteiger partial charge < -0.3 is 29.2 Å². The van der Waals surface area contributed by atoms with Gasteiger partial charge in [0, 0.05) is 0 Å². The van der Waals surface area contributed by atoms with Crippen LogP contribution in [0.25, 0.3) is 0 Å². The van der Waals surface area contributed by atoms with E-state index in [0.29, 0.717) is 0 Å². The molecule has 0 aromatic heterocycles. The van der Waals surface area contributed by atoms with Crippen LogP contribution in [0.1, 0.15) is 0 Å². The fraction of sp³-hybridized carbons (Fsp3) is 1.00. The maximum Gasteiger partial charge on any atom is 0.147 e. The Labute approximate surface area is 81.3 Å². The number of hydrogen-bond acceptors (Lipinski definition) is 6. The molecule has 0 radical (unpaired) electrons. The number of aliphatic hydroxyl groups is 2. The van der Waals surface area contributed by atoms with Gasteiger partial charge in [-0.15, -0.1) is 0 Å². The molecular weight excluding hydrogens is 192 g/mol. The summed E-state index contributed by atoms with van der Waals surface area (Å²) < 4.78 is 20.8. The first-order valence-corrected chi connectivity index (χ1v) is 4.55. The van der Waals surface area contributed by atoms with Crippen molar-refractivity contribution in [3.05, 3.63) is 0 Å². The van der Waals surface area contributed by atoms with E-state index >= 15 is 0 Å². The molecule has 0 spiro atoms. The van der Waals surface area contributed by atoms with E-state index in [0.717, 1.165) is 0 Å². The van der Waals surface area contributed by atoms with Crippen molar-refractivity contribution in [3.8, 4) is 0 Å². The van der Waals surface area contributed by atoms with E-state index in [-0.39, 0.29) is 39.0 Å². The molecule has 0 aliphatic carbocycles. The van der Waals surface area contributed by atoms with Gasteiger partial charge in [-0.2, -0.15) is 0 Å². The van der Waals surface area contributed by atoms with Crippen molar-refractivity contribution in [1.82, 2.24) is 0 Å². The predicted octanol–water partition coefficient (Wildman–Crippen LogP) is -1.55. The molecule has 2 aliphatic rings. The van der Waals surface area contributed by atoms with E-state index in [9.17, 15) is 0 Å². The minimum atomic E-state index is -0.393. The Morgan fingerprint density at radius 1 is 0.786 bits per heavy atom. The Morgan fingerprint density at radius 2 is 1.21 bits per heavy atom. The third-order valence-electron chi connectivity index (χ3n) is 2.50. The Morgan fingerprint density at radius 3 is 1.57 bits per heavy atom. The van der Waals surface area contributed by atoms with Gasteiger partial charge in [0.25, 0.3) is 0 Å². The van der Waals surface area contributed by atoms with E-state index in [4.69, 9.17) is 29.2 Å². The Balaban J connectivity index is 1.98. The minimum Gasteiger partial charge on any atom is -0.394 e. The summed E-state index contributed by atoms with van der Waals surface area (Å²) in [5.74, 6) is 0. The van der Waals surface area contributed by atoms with E-state index < -0.39 is 12.2 Å². The van der Waals surface area contributed by atoms with Gasteiger partial charge in [0.2, 0.25) is 0 Å². The first-order valence-electron chi connectivity index (χ1n) is 4.55. The molecule has 0 aromatic rings. The van der Waals surface area contributed by atoms with Gasteiger partial charge >= 0.3 is 0 Å². The lowest BCUT2D eigenvalue weighted by Crippen LogP contribution is -2.44. The number of rotatable bonds is 3. The van der Waals surface area contributed by atoms with Crippen molar-refractivity contribution in [2.24, 2.45) is 0 Å². The normalized spacial score (nSPS) is 43.3. The molecule has 2 saturated heterocycles. The van der Waals surface area contributed by atoms with Crippen molar-refractivity contribution in [1.29, 1.82) is 0 Å². The summed E-state index contributed by atoms with van der Waals surface area (Å²) in [6.45, 7) is 0.0488. The monoisotopic (exact) mass is 206 g/mol. The molecule has 82 valence electrons. The van der Waals surface area contributed by atoms with Crippen LogP contribution in [0.4, 0.5) is 0 Å². The maximum absolute atomic E-state index is 8.99. The molecule has 2 fully saturated rings. The molecule has 0 aromatic carbocycles. The summed E-state index contributed by atoms with van der Waals surface area (Å²) in [5.41, 5.74) is 0. The van der Waals surface area contributed by atoms with Gasteiger partial charge in [-0.25, -0.2) is 0 Å². The molecule has 4 atom stereocenters. The molecule has 6 heteroatoms. The van der Waals surface area contributed by atoms with Gasteiger partial charge in [-0.1, -0.05) is 0 Å². The molecule has 14 heavy (non-hydrogen) atoms. The molecule has 2 aliphatic heterocycles. The molecule has 2 heterocycles. The van der Waals surface area contributed by atoms with Gasteiger partial charge in [0.15, 0.2) is 0 Å². The smallest absolute Gasteiger partial charge is 0.147 e. The molecule has 0 saturated carbocycles. The average Bonchev–Trinajstić information content (AvgIpc) is 2.85. The first kappa shape index (κ1) is 10.3. The Bertz CT molecular complexity index is 167. The molecule has 0 bridgehead atoms. The van der Waals surface area contributed by atoms with Crippen molar-refractivity contribution in [2.45, 2.75) is 24.4 Å². The average molecular weight is 206 g/mol. The topological polar surface area (TPSA) is 77.4 Å². The van der Waals surface area contributed by atoms with Crippen LogP contribution >= 0.6 is 0 Å². The lowest BCUT2D eigenvalue weighted by atomic mass is 10.0. The van der Waals surface area contributed by atoms with Crippen LogP contribution in [0.2, 0.25) is 0 Å². The Kier molecular flexibility index (Phi) is 3.32. The molecule has 6 nitrogen and oxygen atoms in total. The number of ether oxygens (including phenoxy) is 4. The van der Waals surface area contributed by atoms with Crippen LogP contribution in [0, 0.1) is 0 Å². The largest absolute Gasteiger partial charge is 0.394 e. The summed E-state index contributed by atoms with van der Waals surface area (Å²) in [5, 5.41) is 18.0. The fourth-order valence-corrected chi connectivity index (χ4v) is 1.74. The maximum atomic E-state index is 8.99. The van der Waals surface area contributed by atoms with Gasteiger partial charge in [-0.05, 0) is 0 Å². The van der Waals surface area contributed by atoms with Crippen LogP contribution in [0.15, 0.2) is 0 Å². The second kappa shape index (κ2) is 4.52. The van der Waals surface area contributed by atoms with Crippen LogP contribution in [0.5, 0.6) is 0 Å². The second-order valence-corrected chi connectivity index (χ2v) is 3.27. The van der Waals surface area contributed by atoms with E-state index in [2.05, 4.69) is 0 Å². The van der Waals surface area contributed by atoms with Crippen LogP contribution in [-0.2, 0) is 18.9 Å². The van der Waals surface area contributed by atoms with Crippen molar-refractivity contribution in [3.63, 3.8) is 0 Å². The highest BCUT2D eigenvalue weighted by Crippen LogP contribution is 2.25. The van der Waals surface area contributed by atoms with E-state index in [1.807, 2.05) is 0 Å². The second-order valence-electron chi connectivity index (χ2n) is 3.27. The zero-order valence-electron chi connectivity index (χ0n) is 7.67. The van der Waals surface area contributed by atoms with Crippen molar-refractivity contribution >= 4 is 0 Å². The van der Waals surface area contributed by atoms with Crippen LogP contribution < -0.4 is 0 Å². The summed E-state index contributed by atoms with van der Waals surface area (Å²) >= 11 is 0. The number of hydrogen-bond donors (Lipinski definition) is 2. The number of aliphatic hydroxyl groups excluding tert-OH is 2. The fourth-order valence-electron chi connectivity index (χ4n) is 1.74. The highest BCUT2D eigenvalue weighted by Gasteiger charge is 2.43. The molecule has 0 unspecified atom stereocenters. The summed E-state index contributed by atoms with van der Waals surface area (Å²) in [7, 11) is 0. The summed E-state index contributed by atoms with van der Waals surface area (Å²) in [6, 6.07) is 0. The van der Waals surface area contributed by atoms with Crippen molar-refractivity contribution in [2.75, 3.05) is 26.8 Å². The molecule has 2 N–H and O–H groups in total. The SMILES string of the molecule is OC[C@@H]1OCO[C@H]1[C@H]1OCO[C@@H]1CO. The zero-order chi connectivity index (χ0) is 9.97. The quantitative estimate of drug-likeness (QED) is 0.582. The highest BCUT2D eigenvalue weighted by atomic mass is 16.8. The van der Waals surface area contributed by atoms with Gasteiger partial charge in [-0.3, -0.25) is 0 Å². The van der Waals surface area contributed by atoms with Crippen LogP contribution in [0.3, 0.4) is 0 Å². The molecular formula is C8H14O6. The summed E-state index contributed by atoms with van der Waals surface area (Å²) in [6.07, 6.45) is -1.51. The molecule has 2 rings (SSSR count). The zero-order valence-corrected chi connectivity index (χ0v) is 7.67. The van der Waals surface area contributed by atoms with Gasteiger partial charge in [0.05, 0.1) is 13.2 Å². The van der Waals surface area contributed by atoms with E-state index in [1.54, 1.807) is 0 Å². The lowest BCUT2D eigenvalue weighted by molar-refractivity contribution is -0.0380. The first-order chi connectivity index (χ1) is 6.86. The highest BCUT2D eigenvalue weighted by molar-refractivity contribution is 4.88. The summed E-state index contributed by atoms with van der Waals surface area (Å²) in [4.78, 5) is 0. The van der Waals surface area contributed by atoms with Crippen LogP contribution in [-0.4, -0.2) is 61.4 Å². The molecule has 0 amide bonds. The minimum absolute atomic E-state index is 0.122. The van der Waals surface area contributed by atoms with E-state index in [1.165, 1.54) is 0 Å². The van der Waals surface area contributed by atoms with Crippen molar-refractivity contribution < 1.29 is 29.2 Å². The standard InChI is InChI=1S/C8H14O6/c9-1-5-7(13-3-11-5)8-6(2-10)12-4-14-8/h5-10H,1-4H2/t5-,6+,7+,8-. The third kappa shape index (κ3) is 1.77. The Hall–Kier alpha value is -0.240. The third-order valence-corrected chi connectivity index (χ3v) is 2.50. The lowest BCUT2D eigenvalue weighted by Gasteiger charge is -2.23. The predicted molar refractivity (Wildman–Crippen MR) is 43.4 cm³/mol.